The fourth-order valence-electron chi connectivity index (χ4n) is 3.12. The number of hydrogen-bond donors (Lipinski definition) is 2. The van der Waals surface area contributed by atoms with Gasteiger partial charge in [0.25, 0.3) is 11.8 Å². The van der Waals surface area contributed by atoms with Crippen molar-refractivity contribution in [3.63, 3.8) is 0 Å². The van der Waals surface area contributed by atoms with Crippen molar-refractivity contribution in [2.45, 2.75) is 18.9 Å². The minimum Gasteiger partial charge on any atom is -0.478 e. The second-order valence-corrected chi connectivity index (χ2v) is 6.26. The number of carboxylic acids is 1. The number of benzene rings is 2. The van der Waals surface area contributed by atoms with Gasteiger partial charge in [0.2, 0.25) is 0 Å². The standard InChI is InChI=1S/C20H20N2O4/c23-18(16-8-4-5-9-17(16)20(25)26)21-15-10-12-22(13-11-15)19(24)14-6-2-1-3-7-14/h1-9,15H,10-13H2,(H,21,23)(H,25,26). The number of rotatable bonds is 4. The summed E-state index contributed by atoms with van der Waals surface area (Å²) in [7, 11) is 0. The van der Waals surface area contributed by atoms with Crippen LogP contribution in [-0.4, -0.2) is 46.9 Å². The Balaban J connectivity index is 1.58. The molecule has 0 spiro atoms. The zero-order valence-electron chi connectivity index (χ0n) is 14.2. The Labute approximate surface area is 151 Å². The third kappa shape index (κ3) is 3.91. The molecular formula is C20H20N2O4. The van der Waals surface area contributed by atoms with E-state index in [1.165, 1.54) is 12.1 Å². The van der Waals surface area contributed by atoms with E-state index in [9.17, 15) is 19.5 Å². The maximum atomic E-state index is 12.4. The highest BCUT2D eigenvalue weighted by atomic mass is 16.4. The molecule has 3 rings (SSSR count). The predicted molar refractivity (Wildman–Crippen MR) is 96.2 cm³/mol. The van der Waals surface area contributed by atoms with E-state index in [-0.39, 0.29) is 23.1 Å². The summed E-state index contributed by atoms with van der Waals surface area (Å²) < 4.78 is 0. The number of likely N-dealkylation sites (tertiary alicyclic amines) is 1. The van der Waals surface area contributed by atoms with E-state index < -0.39 is 11.9 Å². The molecule has 0 unspecified atom stereocenters. The van der Waals surface area contributed by atoms with Crippen LogP contribution in [0.15, 0.2) is 54.6 Å². The van der Waals surface area contributed by atoms with Gasteiger partial charge in [-0.25, -0.2) is 4.79 Å². The number of carbonyl (C=O) groups excluding carboxylic acids is 2. The average molecular weight is 352 g/mol. The molecule has 134 valence electrons. The van der Waals surface area contributed by atoms with Crippen molar-refractivity contribution in [2.75, 3.05) is 13.1 Å². The van der Waals surface area contributed by atoms with Crippen LogP contribution >= 0.6 is 0 Å². The van der Waals surface area contributed by atoms with Crippen LogP contribution in [0.25, 0.3) is 0 Å². The molecule has 0 aliphatic carbocycles. The van der Waals surface area contributed by atoms with Gasteiger partial charge in [-0.15, -0.1) is 0 Å². The SMILES string of the molecule is O=C(O)c1ccccc1C(=O)NC1CCN(C(=O)c2ccccc2)CC1. The topological polar surface area (TPSA) is 86.7 Å². The first-order valence-corrected chi connectivity index (χ1v) is 8.54. The molecule has 1 aliphatic rings. The van der Waals surface area contributed by atoms with Crippen LogP contribution in [-0.2, 0) is 0 Å². The largest absolute Gasteiger partial charge is 0.478 e. The van der Waals surface area contributed by atoms with Gasteiger partial charge in [0.05, 0.1) is 11.1 Å². The molecular weight excluding hydrogens is 332 g/mol. The first-order chi connectivity index (χ1) is 12.6. The molecule has 0 radical (unpaired) electrons. The third-order valence-corrected chi connectivity index (χ3v) is 4.54. The van der Waals surface area contributed by atoms with Gasteiger partial charge < -0.3 is 15.3 Å². The summed E-state index contributed by atoms with van der Waals surface area (Å²) in [6.45, 7) is 1.11. The maximum Gasteiger partial charge on any atom is 0.336 e. The number of amides is 2. The number of hydrogen-bond acceptors (Lipinski definition) is 3. The smallest absolute Gasteiger partial charge is 0.336 e. The van der Waals surface area contributed by atoms with Crippen LogP contribution < -0.4 is 5.32 Å². The van der Waals surface area contributed by atoms with Crippen molar-refractivity contribution in [1.29, 1.82) is 0 Å². The number of piperidine rings is 1. The van der Waals surface area contributed by atoms with E-state index in [4.69, 9.17) is 0 Å². The summed E-state index contributed by atoms with van der Waals surface area (Å²) in [6.07, 6.45) is 1.28. The molecule has 0 atom stereocenters. The lowest BCUT2D eigenvalue weighted by Crippen LogP contribution is -2.46. The lowest BCUT2D eigenvalue weighted by atomic mass is 10.0. The Morgan fingerprint density at radius 1 is 0.885 bits per heavy atom. The van der Waals surface area contributed by atoms with Crippen LogP contribution in [0, 0.1) is 0 Å². The number of carbonyl (C=O) groups is 3. The molecule has 26 heavy (non-hydrogen) atoms. The molecule has 2 aromatic rings. The number of aromatic carboxylic acids is 1. The average Bonchev–Trinajstić information content (AvgIpc) is 2.68. The van der Waals surface area contributed by atoms with E-state index in [0.29, 0.717) is 31.5 Å². The van der Waals surface area contributed by atoms with Crippen molar-refractivity contribution in [1.82, 2.24) is 10.2 Å². The highest BCUT2D eigenvalue weighted by Crippen LogP contribution is 2.16. The van der Waals surface area contributed by atoms with Crippen molar-refractivity contribution in [3.8, 4) is 0 Å². The van der Waals surface area contributed by atoms with Crippen LogP contribution in [0.5, 0.6) is 0 Å². The van der Waals surface area contributed by atoms with Gasteiger partial charge in [-0.2, -0.15) is 0 Å². The molecule has 0 saturated carbocycles. The van der Waals surface area contributed by atoms with Gasteiger partial charge in [0.15, 0.2) is 0 Å². The lowest BCUT2D eigenvalue weighted by Gasteiger charge is -2.32. The molecule has 2 aromatic carbocycles. The Kier molecular flexibility index (Phi) is 5.31. The summed E-state index contributed by atoms with van der Waals surface area (Å²) in [5.41, 5.74) is 0.801. The molecule has 6 nitrogen and oxygen atoms in total. The summed E-state index contributed by atoms with van der Waals surface area (Å²) in [6, 6.07) is 15.2. The Morgan fingerprint density at radius 2 is 1.46 bits per heavy atom. The van der Waals surface area contributed by atoms with E-state index >= 15 is 0 Å². The summed E-state index contributed by atoms with van der Waals surface area (Å²) in [5.74, 6) is -1.53. The second-order valence-electron chi connectivity index (χ2n) is 6.26. The molecule has 0 aromatic heterocycles. The number of nitrogens with zero attached hydrogens (tertiary/aromatic N) is 1. The van der Waals surface area contributed by atoms with Gasteiger partial charge >= 0.3 is 5.97 Å². The Hall–Kier alpha value is -3.15. The highest BCUT2D eigenvalue weighted by Gasteiger charge is 2.25. The molecule has 2 amide bonds. The first kappa shape index (κ1) is 17.7. The van der Waals surface area contributed by atoms with Crippen molar-refractivity contribution in [3.05, 3.63) is 71.3 Å². The zero-order valence-corrected chi connectivity index (χ0v) is 14.2. The molecule has 1 aliphatic heterocycles. The minimum atomic E-state index is -1.13. The fraction of sp³-hybridized carbons (Fsp3) is 0.250. The molecule has 0 bridgehead atoms. The van der Waals surface area contributed by atoms with Crippen molar-refractivity contribution < 1.29 is 19.5 Å². The Bertz CT molecular complexity index is 812. The van der Waals surface area contributed by atoms with Crippen LogP contribution in [0.1, 0.15) is 43.9 Å². The Morgan fingerprint density at radius 3 is 2.08 bits per heavy atom. The fourth-order valence-corrected chi connectivity index (χ4v) is 3.12. The zero-order chi connectivity index (χ0) is 18.5. The number of carboxylic acid groups (broad SMARTS) is 1. The van der Waals surface area contributed by atoms with Gasteiger partial charge in [-0.3, -0.25) is 9.59 Å². The second kappa shape index (κ2) is 7.82. The lowest BCUT2D eigenvalue weighted by molar-refractivity contribution is 0.0675. The van der Waals surface area contributed by atoms with Crippen LogP contribution in [0.2, 0.25) is 0 Å². The summed E-state index contributed by atoms with van der Waals surface area (Å²) >= 11 is 0. The van der Waals surface area contributed by atoms with E-state index in [0.717, 1.165) is 0 Å². The molecule has 6 heteroatoms. The molecule has 1 heterocycles. The predicted octanol–water partition coefficient (Wildman–Crippen LogP) is 2.42. The quantitative estimate of drug-likeness (QED) is 0.885. The van der Waals surface area contributed by atoms with Crippen molar-refractivity contribution in [2.24, 2.45) is 0 Å². The monoisotopic (exact) mass is 352 g/mol. The maximum absolute atomic E-state index is 12.4. The molecule has 1 fully saturated rings. The van der Waals surface area contributed by atoms with E-state index in [1.54, 1.807) is 29.2 Å². The molecule has 2 N–H and O–H groups in total. The van der Waals surface area contributed by atoms with Gasteiger partial charge in [0, 0.05) is 24.7 Å². The first-order valence-electron chi connectivity index (χ1n) is 8.54. The summed E-state index contributed by atoms with van der Waals surface area (Å²) in [4.78, 5) is 37.9. The van der Waals surface area contributed by atoms with E-state index in [2.05, 4.69) is 5.32 Å². The minimum absolute atomic E-state index is 0.00778. The van der Waals surface area contributed by atoms with E-state index in [1.807, 2.05) is 18.2 Å². The van der Waals surface area contributed by atoms with Crippen LogP contribution in [0.3, 0.4) is 0 Å². The van der Waals surface area contributed by atoms with Gasteiger partial charge in [0.1, 0.15) is 0 Å². The van der Waals surface area contributed by atoms with Crippen LogP contribution in [0.4, 0.5) is 0 Å². The third-order valence-electron chi connectivity index (χ3n) is 4.54. The van der Waals surface area contributed by atoms with Crippen molar-refractivity contribution >= 4 is 17.8 Å². The number of nitrogens with one attached hydrogen (secondary N) is 1. The van der Waals surface area contributed by atoms with Gasteiger partial charge in [-0.1, -0.05) is 30.3 Å². The van der Waals surface area contributed by atoms with Gasteiger partial charge in [-0.05, 0) is 37.1 Å². The molecule has 1 saturated heterocycles. The normalized spacial score (nSPS) is 14.7. The highest BCUT2D eigenvalue weighted by molar-refractivity contribution is 6.04. The summed E-state index contributed by atoms with van der Waals surface area (Å²) in [5, 5.41) is 12.1.